The number of benzene rings is 1. The maximum Gasteiger partial charge on any atom is 0.339 e. The predicted molar refractivity (Wildman–Crippen MR) is 84.5 cm³/mol. The molecule has 132 valence electrons. The van der Waals surface area contributed by atoms with Gasteiger partial charge in [-0.05, 0) is 30.2 Å². The van der Waals surface area contributed by atoms with Crippen molar-refractivity contribution in [1.29, 1.82) is 0 Å². The number of rotatable bonds is 3. The number of piperidine rings is 1. The standard InChI is InChI=1S/C15H18N2O4.CH2F2/c1-9-11-5-6-16(8-13(9)11)14-7-10(17(19)20)3-4-12(14)15(18)21-2;2-1-3/h3-4,7,9,11,13H,5-6,8H2,1-2H3;1H2. The van der Waals surface area contributed by atoms with Crippen LogP contribution in [0.3, 0.4) is 0 Å². The summed E-state index contributed by atoms with van der Waals surface area (Å²) < 4.78 is 24.0. The molecule has 1 saturated carbocycles. The lowest BCUT2D eigenvalue weighted by Crippen LogP contribution is -2.32. The van der Waals surface area contributed by atoms with E-state index in [-0.39, 0.29) is 5.69 Å². The van der Waals surface area contributed by atoms with Gasteiger partial charge in [-0.1, -0.05) is 6.92 Å². The fourth-order valence-electron chi connectivity index (χ4n) is 3.46. The molecule has 3 unspecified atom stereocenters. The largest absolute Gasteiger partial charge is 0.465 e. The number of anilines is 1. The van der Waals surface area contributed by atoms with Gasteiger partial charge in [0.1, 0.15) is 0 Å². The number of carbonyl (C=O) groups is 1. The van der Waals surface area contributed by atoms with Crippen LogP contribution in [0, 0.1) is 27.9 Å². The summed E-state index contributed by atoms with van der Waals surface area (Å²) in [7, 11) is 1.32. The Bertz CT molecular complexity index is 626. The minimum absolute atomic E-state index is 0.00335. The first kappa shape index (κ1) is 18.1. The van der Waals surface area contributed by atoms with Crippen molar-refractivity contribution in [3.8, 4) is 0 Å². The zero-order chi connectivity index (χ0) is 17.9. The zero-order valence-electron chi connectivity index (χ0n) is 13.6. The Hall–Kier alpha value is -2.25. The van der Waals surface area contributed by atoms with E-state index >= 15 is 0 Å². The molecule has 0 N–H and O–H groups in total. The summed E-state index contributed by atoms with van der Waals surface area (Å²) in [6, 6.07) is 4.32. The quantitative estimate of drug-likeness (QED) is 0.478. The molecule has 2 aliphatic rings. The van der Waals surface area contributed by atoms with E-state index < -0.39 is 17.8 Å². The molecule has 1 aromatic carbocycles. The van der Waals surface area contributed by atoms with Gasteiger partial charge < -0.3 is 9.64 Å². The maximum atomic E-state index is 11.9. The Labute approximate surface area is 138 Å². The van der Waals surface area contributed by atoms with Crippen LogP contribution in [-0.2, 0) is 4.74 Å². The number of carbonyl (C=O) groups excluding carboxylic acids is 1. The molecule has 3 rings (SSSR count). The van der Waals surface area contributed by atoms with E-state index in [0.717, 1.165) is 31.3 Å². The molecule has 1 aliphatic carbocycles. The van der Waals surface area contributed by atoms with Crippen LogP contribution in [0.1, 0.15) is 23.7 Å². The first-order valence-corrected chi connectivity index (χ1v) is 7.68. The molecular formula is C16H20F2N2O4. The Morgan fingerprint density at radius 2 is 2.08 bits per heavy atom. The summed E-state index contributed by atoms with van der Waals surface area (Å²) in [4.78, 5) is 24.5. The highest BCUT2D eigenvalue weighted by molar-refractivity contribution is 5.96. The molecule has 1 saturated heterocycles. The second kappa shape index (κ2) is 7.55. The third kappa shape index (κ3) is 3.63. The Kier molecular flexibility index (Phi) is 5.69. The third-order valence-electron chi connectivity index (χ3n) is 4.86. The summed E-state index contributed by atoms with van der Waals surface area (Å²) >= 11 is 0. The molecule has 0 spiro atoms. The van der Waals surface area contributed by atoms with Crippen molar-refractivity contribution in [2.24, 2.45) is 17.8 Å². The van der Waals surface area contributed by atoms with Crippen molar-refractivity contribution in [3.05, 3.63) is 33.9 Å². The van der Waals surface area contributed by atoms with E-state index in [0.29, 0.717) is 17.2 Å². The molecule has 0 radical (unpaired) electrons. The van der Waals surface area contributed by atoms with Crippen LogP contribution in [0.4, 0.5) is 20.2 Å². The van der Waals surface area contributed by atoms with Gasteiger partial charge in [0.05, 0.1) is 23.3 Å². The summed E-state index contributed by atoms with van der Waals surface area (Å²) in [5.41, 5.74) is 1.02. The summed E-state index contributed by atoms with van der Waals surface area (Å²) in [5, 5.41) is 11.0. The highest BCUT2D eigenvalue weighted by atomic mass is 19.3. The summed E-state index contributed by atoms with van der Waals surface area (Å²) in [6.07, 6.45) is 1.08. The molecule has 24 heavy (non-hydrogen) atoms. The number of hydrogen-bond acceptors (Lipinski definition) is 5. The zero-order valence-corrected chi connectivity index (χ0v) is 13.6. The lowest BCUT2D eigenvalue weighted by Gasteiger charge is -2.29. The number of non-ortho nitro benzene ring substituents is 1. The van der Waals surface area contributed by atoms with Crippen LogP contribution in [-0.4, -0.2) is 38.0 Å². The lowest BCUT2D eigenvalue weighted by atomic mass is 10.1. The number of halogens is 2. The molecule has 2 fully saturated rings. The van der Waals surface area contributed by atoms with Crippen molar-refractivity contribution in [3.63, 3.8) is 0 Å². The number of fused-ring (bicyclic) bond motifs is 1. The number of esters is 1. The van der Waals surface area contributed by atoms with E-state index in [1.165, 1.54) is 25.3 Å². The van der Waals surface area contributed by atoms with Crippen LogP contribution in [0.2, 0.25) is 0 Å². The average molecular weight is 342 g/mol. The number of alkyl halides is 2. The lowest BCUT2D eigenvalue weighted by molar-refractivity contribution is -0.384. The monoisotopic (exact) mass is 342 g/mol. The number of ether oxygens (including phenoxy) is 1. The topological polar surface area (TPSA) is 72.7 Å². The summed E-state index contributed by atoms with van der Waals surface area (Å²) in [5.74, 6) is 1.69. The fourth-order valence-corrected chi connectivity index (χ4v) is 3.46. The van der Waals surface area contributed by atoms with Gasteiger partial charge in [-0.2, -0.15) is 0 Å². The third-order valence-corrected chi connectivity index (χ3v) is 4.86. The Morgan fingerprint density at radius 3 is 2.62 bits per heavy atom. The molecule has 1 heterocycles. The van der Waals surface area contributed by atoms with Crippen LogP contribution < -0.4 is 4.90 Å². The van der Waals surface area contributed by atoms with Gasteiger partial charge in [0.2, 0.25) is 6.93 Å². The molecular weight excluding hydrogens is 322 g/mol. The molecule has 3 atom stereocenters. The maximum absolute atomic E-state index is 11.9. The minimum atomic E-state index is -1.75. The van der Waals surface area contributed by atoms with Gasteiger partial charge in [-0.3, -0.25) is 10.1 Å². The molecule has 0 aromatic heterocycles. The first-order chi connectivity index (χ1) is 11.4. The normalized spacial score (nSPS) is 24.3. The van der Waals surface area contributed by atoms with E-state index in [9.17, 15) is 23.7 Å². The van der Waals surface area contributed by atoms with E-state index in [1.54, 1.807) is 0 Å². The molecule has 1 aromatic rings. The first-order valence-electron chi connectivity index (χ1n) is 7.68. The number of hydrogen-bond donors (Lipinski definition) is 0. The smallest absolute Gasteiger partial charge is 0.339 e. The van der Waals surface area contributed by atoms with Gasteiger partial charge in [0.15, 0.2) is 0 Å². The molecule has 6 nitrogen and oxygen atoms in total. The van der Waals surface area contributed by atoms with Gasteiger partial charge in [0, 0.05) is 25.2 Å². The van der Waals surface area contributed by atoms with E-state index in [4.69, 9.17) is 4.74 Å². The number of nitro groups is 1. The fraction of sp³-hybridized carbons (Fsp3) is 0.562. The minimum Gasteiger partial charge on any atom is -0.465 e. The highest BCUT2D eigenvalue weighted by Gasteiger charge is 2.49. The van der Waals surface area contributed by atoms with Crippen molar-refractivity contribution in [2.75, 3.05) is 32.0 Å². The van der Waals surface area contributed by atoms with Crippen LogP contribution in [0.25, 0.3) is 0 Å². The SMILES string of the molecule is COC(=O)c1ccc([N+](=O)[O-])cc1N1CCC2C(C)C2C1.FCF. The second-order valence-electron chi connectivity index (χ2n) is 5.97. The van der Waals surface area contributed by atoms with Gasteiger partial charge >= 0.3 is 5.97 Å². The Morgan fingerprint density at radius 1 is 1.42 bits per heavy atom. The Balaban J connectivity index is 0.000000647. The van der Waals surface area contributed by atoms with Crippen LogP contribution >= 0.6 is 0 Å². The molecule has 0 bridgehead atoms. The highest BCUT2D eigenvalue weighted by Crippen LogP contribution is 2.52. The van der Waals surface area contributed by atoms with Crippen molar-refractivity contribution < 1.29 is 23.2 Å². The van der Waals surface area contributed by atoms with Crippen LogP contribution in [0.5, 0.6) is 0 Å². The molecule has 0 amide bonds. The number of nitrogens with zero attached hydrogens (tertiary/aromatic N) is 2. The van der Waals surface area contributed by atoms with Gasteiger partial charge in [-0.15, -0.1) is 0 Å². The molecule has 8 heteroatoms. The second-order valence-corrected chi connectivity index (χ2v) is 5.97. The van der Waals surface area contributed by atoms with Crippen molar-refractivity contribution in [1.82, 2.24) is 0 Å². The van der Waals surface area contributed by atoms with Gasteiger partial charge in [-0.25, -0.2) is 13.6 Å². The van der Waals surface area contributed by atoms with Crippen molar-refractivity contribution in [2.45, 2.75) is 13.3 Å². The van der Waals surface area contributed by atoms with Crippen molar-refractivity contribution >= 4 is 17.3 Å². The van der Waals surface area contributed by atoms with E-state index in [1.807, 2.05) is 0 Å². The van der Waals surface area contributed by atoms with Gasteiger partial charge in [0.25, 0.3) is 5.69 Å². The average Bonchev–Trinajstić information content (AvgIpc) is 3.23. The number of nitro benzene ring substituents is 1. The number of methoxy groups -OCH3 is 1. The summed E-state index contributed by atoms with van der Waals surface area (Å²) in [6.45, 7) is 2.18. The predicted octanol–water partition coefficient (Wildman–Crippen LogP) is 3.36. The van der Waals surface area contributed by atoms with Crippen LogP contribution in [0.15, 0.2) is 18.2 Å². The van der Waals surface area contributed by atoms with E-state index in [2.05, 4.69) is 11.8 Å². The molecule has 1 aliphatic heterocycles.